The molecule has 0 radical (unpaired) electrons. The molecule has 1 atom stereocenters. The molecule has 0 saturated carbocycles. The fourth-order valence-electron chi connectivity index (χ4n) is 2.98. The standard InChI is InChI=1S/C17H19NO4S/c1-3-21-17(20)14-13-10(2)6-4-8-12(13)23-16(14)18-15(19)11-7-5-9-22-11/h5,7,9-10H,3-4,6,8H2,1-2H3,(H,18,19)/t10-/m1/s1. The molecule has 0 aromatic carbocycles. The first-order valence-electron chi connectivity index (χ1n) is 7.79. The van der Waals surface area contributed by atoms with Crippen LogP contribution in [-0.2, 0) is 11.2 Å². The highest BCUT2D eigenvalue weighted by atomic mass is 32.1. The fraction of sp³-hybridized carbons (Fsp3) is 0.412. The predicted molar refractivity (Wildman–Crippen MR) is 88.3 cm³/mol. The van der Waals surface area contributed by atoms with Gasteiger partial charge in [-0.15, -0.1) is 11.3 Å². The fourth-order valence-corrected chi connectivity index (χ4v) is 4.32. The van der Waals surface area contributed by atoms with Gasteiger partial charge in [0.2, 0.25) is 0 Å². The zero-order chi connectivity index (χ0) is 16.4. The van der Waals surface area contributed by atoms with Crippen LogP contribution in [-0.4, -0.2) is 18.5 Å². The number of hydrogen-bond donors (Lipinski definition) is 1. The number of amides is 1. The molecule has 1 aliphatic rings. The van der Waals surface area contributed by atoms with Gasteiger partial charge in [0.05, 0.1) is 18.4 Å². The van der Waals surface area contributed by atoms with Gasteiger partial charge >= 0.3 is 5.97 Å². The highest BCUT2D eigenvalue weighted by Crippen LogP contribution is 2.43. The van der Waals surface area contributed by atoms with Crippen molar-refractivity contribution < 1.29 is 18.7 Å². The van der Waals surface area contributed by atoms with Gasteiger partial charge in [-0.25, -0.2) is 4.79 Å². The maximum atomic E-state index is 12.4. The third-order valence-corrected chi connectivity index (χ3v) is 5.19. The second kappa shape index (κ2) is 6.58. The lowest BCUT2D eigenvalue weighted by atomic mass is 9.86. The number of fused-ring (bicyclic) bond motifs is 1. The zero-order valence-electron chi connectivity index (χ0n) is 13.2. The minimum atomic E-state index is -0.367. The van der Waals surface area contributed by atoms with E-state index in [0.717, 1.165) is 24.8 Å². The summed E-state index contributed by atoms with van der Waals surface area (Å²) in [6, 6.07) is 3.25. The molecule has 6 heteroatoms. The number of ether oxygens (including phenoxy) is 1. The summed E-state index contributed by atoms with van der Waals surface area (Å²) in [6.45, 7) is 4.20. The van der Waals surface area contributed by atoms with Crippen LogP contribution in [0, 0.1) is 0 Å². The Balaban J connectivity index is 1.98. The van der Waals surface area contributed by atoms with E-state index in [2.05, 4.69) is 12.2 Å². The number of carbonyl (C=O) groups is 2. The Hall–Kier alpha value is -2.08. The molecule has 1 amide bonds. The van der Waals surface area contributed by atoms with Gasteiger partial charge in [-0.05, 0) is 49.8 Å². The maximum Gasteiger partial charge on any atom is 0.341 e. The lowest BCUT2D eigenvalue weighted by Gasteiger charge is -2.19. The highest BCUT2D eigenvalue weighted by molar-refractivity contribution is 7.17. The SMILES string of the molecule is CCOC(=O)c1c(NC(=O)c2ccco2)sc2c1[C@H](C)CCC2. The monoisotopic (exact) mass is 333 g/mol. The van der Waals surface area contributed by atoms with E-state index in [1.165, 1.54) is 22.5 Å². The van der Waals surface area contributed by atoms with Gasteiger partial charge in [0.25, 0.3) is 5.91 Å². The van der Waals surface area contributed by atoms with Crippen LogP contribution in [0.4, 0.5) is 5.00 Å². The molecule has 0 bridgehead atoms. The van der Waals surface area contributed by atoms with E-state index in [-0.39, 0.29) is 17.6 Å². The van der Waals surface area contributed by atoms with Crippen molar-refractivity contribution in [3.05, 3.63) is 40.2 Å². The number of esters is 1. The van der Waals surface area contributed by atoms with E-state index in [1.54, 1.807) is 19.1 Å². The number of rotatable bonds is 4. The number of carbonyl (C=O) groups excluding carboxylic acids is 2. The summed E-state index contributed by atoms with van der Waals surface area (Å²) in [6.07, 6.45) is 4.53. The molecule has 0 spiro atoms. The highest BCUT2D eigenvalue weighted by Gasteiger charge is 2.31. The molecule has 122 valence electrons. The van der Waals surface area contributed by atoms with Crippen LogP contribution in [0.25, 0.3) is 0 Å². The molecule has 1 N–H and O–H groups in total. The predicted octanol–water partition coefficient (Wildman–Crippen LogP) is 4.21. The zero-order valence-corrected chi connectivity index (χ0v) is 14.0. The van der Waals surface area contributed by atoms with Gasteiger partial charge in [-0.2, -0.15) is 0 Å². The van der Waals surface area contributed by atoms with Gasteiger partial charge in [-0.1, -0.05) is 6.92 Å². The Bertz CT molecular complexity index is 717. The van der Waals surface area contributed by atoms with Crippen LogP contribution in [0.2, 0.25) is 0 Å². The molecule has 3 rings (SSSR count). The summed E-state index contributed by atoms with van der Waals surface area (Å²) >= 11 is 1.47. The van der Waals surface area contributed by atoms with Crippen molar-refractivity contribution in [3.8, 4) is 0 Å². The molecule has 0 fully saturated rings. The molecule has 2 heterocycles. The normalized spacial score (nSPS) is 16.7. The average Bonchev–Trinajstić information content (AvgIpc) is 3.15. The number of hydrogen-bond acceptors (Lipinski definition) is 5. The Morgan fingerprint density at radius 2 is 2.30 bits per heavy atom. The molecular weight excluding hydrogens is 314 g/mol. The summed E-state index contributed by atoms with van der Waals surface area (Å²) in [5.74, 6) is -0.205. The van der Waals surface area contributed by atoms with Gasteiger partial charge in [0.15, 0.2) is 5.76 Å². The van der Waals surface area contributed by atoms with Crippen LogP contribution in [0.1, 0.15) is 64.0 Å². The van der Waals surface area contributed by atoms with Crippen LogP contribution < -0.4 is 5.32 Å². The molecule has 0 saturated heterocycles. The second-order valence-electron chi connectivity index (χ2n) is 5.59. The van der Waals surface area contributed by atoms with Crippen LogP contribution in [0.15, 0.2) is 22.8 Å². The molecule has 2 aromatic heterocycles. The number of furan rings is 1. The Labute approximate surface area is 138 Å². The van der Waals surface area contributed by atoms with Gasteiger partial charge in [-0.3, -0.25) is 4.79 Å². The molecule has 23 heavy (non-hydrogen) atoms. The van der Waals surface area contributed by atoms with Crippen molar-refractivity contribution in [2.45, 2.75) is 39.0 Å². The van der Waals surface area contributed by atoms with E-state index in [4.69, 9.17) is 9.15 Å². The largest absolute Gasteiger partial charge is 0.462 e. The Morgan fingerprint density at radius 3 is 3.00 bits per heavy atom. The maximum absolute atomic E-state index is 12.4. The van der Waals surface area contributed by atoms with E-state index >= 15 is 0 Å². The Morgan fingerprint density at radius 1 is 1.48 bits per heavy atom. The minimum Gasteiger partial charge on any atom is -0.462 e. The molecule has 1 aliphatic carbocycles. The van der Waals surface area contributed by atoms with Crippen molar-refractivity contribution in [2.75, 3.05) is 11.9 Å². The average molecular weight is 333 g/mol. The quantitative estimate of drug-likeness (QED) is 0.851. The van der Waals surface area contributed by atoms with Crippen molar-refractivity contribution in [2.24, 2.45) is 0 Å². The third-order valence-electron chi connectivity index (χ3n) is 4.01. The lowest BCUT2D eigenvalue weighted by molar-refractivity contribution is 0.0526. The van der Waals surface area contributed by atoms with Gasteiger partial charge in [0, 0.05) is 4.88 Å². The number of anilines is 1. The molecular formula is C17H19NO4S. The van der Waals surface area contributed by atoms with Crippen LogP contribution in [0.5, 0.6) is 0 Å². The van der Waals surface area contributed by atoms with Gasteiger partial charge < -0.3 is 14.5 Å². The first-order chi connectivity index (χ1) is 11.1. The smallest absolute Gasteiger partial charge is 0.341 e. The van der Waals surface area contributed by atoms with E-state index in [1.807, 2.05) is 0 Å². The second-order valence-corrected chi connectivity index (χ2v) is 6.69. The lowest BCUT2D eigenvalue weighted by Crippen LogP contribution is -2.16. The molecule has 2 aromatic rings. The molecule has 0 aliphatic heterocycles. The summed E-state index contributed by atoms with van der Waals surface area (Å²) in [4.78, 5) is 25.8. The van der Waals surface area contributed by atoms with Gasteiger partial charge in [0.1, 0.15) is 5.00 Å². The summed E-state index contributed by atoms with van der Waals surface area (Å²) in [7, 11) is 0. The van der Waals surface area contributed by atoms with Crippen LogP contribution >= 0.6 is 11.3 Å². The number of thiophene rings is 1. The van der Waals surface area contributed by atoms with Crippen molar-refractivity contribution in [1.29, 1.82) is 0 Å². The summed E-state index contributed by atoms with van der Waals surface area (Å²) < 4.78 is 10.3. The van der Waals surface area contributed by atoms with Crippen molar-refractivity contribution in [1.82, 2.24) is 0 Å². The first kappa shape index (κ1) is 15.8. The summed E-state index contributed by atoms with van der Waals surface area (Å²) in [5, 5.41) is 3.37. The Kier molecular flexibility index (Phi) is 4.52. The molecule has 5 nitrogen and oxygen atoms in total. The van der Waals surface area contributed by atoms with E-state index in [0.29, 0.717) is 23.1 Å². The van der Waals surface area contributed by atoms with Crippen molar-refractivity contribution in [3.63, 3.8) is 0 Å². The summed E-state index contributed by atoms with van der Waals surface area (Å²) in [5.41, 5.74) is 1.55. The minimum absolute atomic E-state index is 0.222. The van der Waals surface area contributed by atoms with E-state index < -0.39 is 0 Å². The topological polar surface area (TPSA) is 68.5 Å². The molecule has 0 unspecified atom stereocenters. The van der Waals surface area contributed by atoms with Crippen LogP contribution in [0.3, 0.4) is 0 Å². The number of nitrogens with one attached hydrogen (secondary N) is 1. The third kappa shape index (κ3) is 3.03. The first-order valence-corrected chi connectivity index (χ1v) is 8.61. The number of aryl methyl sites for hydroxylation is 1. The van der Waals surface area contributed by atoms with E-state index in [9.17, 15) is 9.59 Å². The van der Waals surface area contributed by atoms with Crippen molar-refractivity contribution >= 4 is 28.2 Å².